The highest BCUT2D eigenvalue weighted by Gasteiger charge is 2.44. The maximum atomic E-state index is 11.8. The molecule has 24 heavy (non-hydrogen) atoms. The van der Waals surface area contributed by atoms with Crippen molar-refractivity contribution in [3.63, 3.8) is 0 Å². The second kappa shape index (κ2) is 8.68. The number of hydrogen-bond acceptors (Lipinski definition) is 4. The second-order valence-corrected chi connectivity index (χ2v) is 7.80. The lowest BCUT2D eigenvalue weighted by molar-refractivity contribution is -0.147. The van der Waals surface area contributed by atoms with Crippen LogP contribution in [0.1, 0.15) is 67.2 Å². The molecule has 1 aliphatic rings. The highest BCUT2D eigenvalue weighted by molar-refractivity contribution is 5.72. The molecule has 1 saturated carbocycles. The van der Waals surface area contributed by atoms with Gasteiger partial charge in [0.15, 0.2) is 0 Å². The molecule has 0 aromatic rings. The summed E-state index contributed by atoms with van der Waals surface area (Å²) in [6.07, 6.45) is 3.72. The molecule has 0 aromatic heterocycles. The van der Waals surface area contributed by atoms with Crippen LogP contribution in [0.25, 0.3) is 0 Å². The summed E-state index contributed by atoms with van der Waals surface area (Å²) in [6.45, 7) is 12.8. The number of ether oxygens (including phenoxy) is 2. The Labute approximate surface area is 147 Å². The fourth-order valence-electron chi connectivity index (χ4n) is 3.41. The van der Waals surface area contributed by atoms with E-state index in [0.29, 0.717) is 12.5 Å². The van der Waals surface area contributed by atoms with E-state index in [9.17, 15) is 9.59 Å². The van der Waals surface area contributed by atoms with Gasteiger partial charge in [-0.1, -0.05) is 40.2 Å². The Bertz CT molecular complexity index is 490. The minimum atomic E-state index is -0.129. The van der Waals surface area contributed by atoms with E-state index >= 15 is 0 Å². The molecular weight excluding hydrogens is 304 g/mol. The maximum absolute atomic E-state index is 11.8. The molecule has 0 radical (unpaired) electrons. The highest BCUT2D eigenvalue weighted by Crippen LogP contribution is 2.54. The van der Waals surface area contributed by atoms with Gasteiger partial charge in [0.25, 0.3) is 0 Å². The van der Waals surface area contributed by atoms with Crippen molar-refractivity contribution in [1.29, 1.82) is 0 Å². The average molecular weight is 338 g/mol. The van der Waals surface area contributed by atoms with Crippen molar-refractivity contribution in [1.82, 2.24) is 0 Å². The molecular formula is C20H34O4. The summed E-state index contributed by atoms with van der Waals surface area (Å²) < 4.78 is 10.2. The standard InChI is InChI=1S/C20H34O4/c1-8-13(2)19(22)24-12-15(4)17-11-16(20(17,5)6)10-9-14(3)18(21)23-7/h13-14,16H,8-12H2,1-7H3. The number of carbonyl (C=O) groups is 2. The summed E-state index contributed by atoms with van der Waals surface area (Å²) in [7, 11) is 1.44. The summed E-state index contributed by atoms with van der Waals surface area (Å²) in [4.78, 5) is 23.3. The van der Waals surface area contributed by atoms with Crippen molar-refractivity contribution >= 4 is 11.9 Å². The van der Waals surface area contributed by atoms with Gasteiger partial charge in [0, 0.05) is 0 Å². The molecule has 3 atom stereocenters. The quantitative estimate of drug-likeness (QED) is 0.482. The van der Waals surface area contributed by atoms with E-state index in [0.717, 1.165) is 25.7 Å². The molecule has 0 amide bonds. The van der Waals surface area contributed by atoms with Gasteiger partial charge in [0.05, 0.1) is 18.9 Å². The van der Waals surface area contributed by atoms with Crippen molar-refractivity contribution in [2.75, 3.05) is 13.7 Å². The first-order chi connectivity index (χ1) is 11.1. The second-order valence-electron chi connectivity index (χ2n) is 7.80. The lowest BCUT2D eigenvalue weighted by atomic mass is 9.56. The normalized spacial score (nSPS) is 23.7. The molecule has 4 heteroatoms. The number of hydrogen-bond donors (Lipinski definition) is 0. The first-order valence-electron chi connectivity index (χ1n) is 9.08. The SMILES string of the molecule is CCC(C)C(=O)OCC(C)=C1CC(CCC(C)C(=O)OC)C1(C)C. The van der Waals surface area contributed by atoms with Crippen molar-refractivity contribution in [3.05, 3.63) is 11.1 Å². The van der Waals surface area contributed by atoms with Gasteiger partial charge >= 0.3 is 11.9 Å². The highest BCUT2D eigenvalue weighted by atomic mass is 16.5. The van der Waals surface area contributed by atoms with Crippen molar-refractivity contribution in [2.45, 2.75) is 67.2 Å². The average Bonchev–Trinajstić information content (AvgIpc) is 2.56. The largest absolute Gasteiger partial charge is 0.469 e. The summed E-state index contributed by atoms with van der Waals surface area (Å²) in [5, 5.41) is 0. The molecule has 3 unspecified atom stereocenters. The molecule has 1 aliphatic carbocycles. The molecule has 0 saturated heterocycles. The molecule has 0 bridgehead atoms. The van der Waals surface area contributed by atoms with Crippen LogP contribution in [0, 0.1) is 23.2 Å². The minimum absolute atomic E-state index is 0.0373. The monoisotopic (exact) mass is 338 g/mol. The Morgan fingerprint density at radius 3 is 2.33 bits per heavy atom. The molecule has 0 N–H and O–H groups in total. The summed E-state index contributed by atoms with van der Waals surface area (Å²) in [5.41, 5.74) is 2.69. The van der Waals surface area contributed by atoms with Gasteiger partial charge in [0.1, 0.15) is 6.61 Å². The number of allylic oxidation sites excluding steroid dienone is 1. The zero-order valence-electron chi connectivity index (χ0n) is 16.4. The van der Waals surface area contributed by atoms with E-state index in [1.807, 2.05) is 20.8 Å². The third-order valence-corrected chi connectivity index (χ3v) is 5.76. The lowest BCUT2D eigenvalue weighted by Crippen LogP contribution is -2.39. The van der Waals surface area contributed by atoms with Crippen molar-refractivity contribution < 1.29 is 19.1 Å². The predicted molar refractivity (Wildman–Crippen MR) is 95.4 cm³/mol. The van der Waals surface area contributed by atoms with Crippen LogP contribution >= 0.6 is 0 Å². The lowest BCUT2D eigenvalue weighted by Gasteiger charge is -2.49. The Morgan fingerprint density at radius 1 is 1.21 bits per heavy atom. The summed E-state index contributed by atoms with van der Waals surface area (Å²) >= 11 is 0. The van der Waals surface area contributed by atoms with Gasteiger partial charge < -0.3 is 9.47 Å². The fourth-order valence-corrected chi connectivity index (χ4v) is 3.41. The van der Waals surface area contributed by atoms with Gasteiger partial charge in [0.2, 0.25) is 0 Å². The van der Waals surface area contributed by atoms with Gasteiger partial charge in [-0.3, -0.25) is 9.59 Å². The van der Waals surface area contributed by atoms with Gasteiger partial charge in [-0.15, -0.1) is 0 Å². The molecule has 0 heterocycles. The van der Waals surface area contributed by atoms with E-state index in [1.165, 1.54) is 18.3 Å². The molecule has 4 nitrogen and oxygen atoms in total. The smallest absolute Gasteiger partial charge is 0.308 e. The van der Waals surface area contributed by atoms with Crippen LogP contribution in [0.5, 0.6) is 0 Å². The van der Waals surface area contributed by atoms with Crippen LogP contribution in [0.2, 0.25) is 0 Å². The van der Waals surface area contributed by atoms with Crippen molar-refractivity contribution in [2.24, 2.45) is 23.2 Å². The van der Waals surface area contributed by atoms with Gasteiger partial charge in [-0.25, -0.2) is 0 Å². The van der Waals surface area contributed by atoms with Crippen LogP contribution in [-0.4, -0.2) is 25.7 Å². The Hall–Kier alpha value is -1.32. The molecule has 1 fully saturated rings. The van der Waals surface area contributed by atoms with Crippen LogP contribution in [0.15, 0.2) is 11.1 Å². The van der Waals surface area contributed by atoms with Crippen LogP contribution < -0.4 is 0 Å². The summed E-state index contributed by atoms with van der Waals surface area (Å²) in [5.74, 6) is 0.245. The van der Waals surface area contributed by atoms with Crippen LogP contribution in [-0.2, 0) is 19.1 Å². The topological polar surface area (TPSA) is 52.6 Å². The summed E-state index contributed by atoms with van der Waals surface area (Å²) in [6, 6.07) is 0. The van der Waals surface area contributed by atoms with E-state index < -0.39 is 0 Å². The number of carbonyl (C=O) groups excluding carboxylic acids is 2. The molecule has 138 valence electrons. The van der Waals surface area contributed by atoms with Crippen LogP contribution in [0.4, 0.5) is 0 Å². The first kappa shape index (κ1) is 20.7. The first-order valence-corrected chi connectivity index (χ1v) is 9.08. The molecule has 0 aliphatic heterocycles. The fraction of sp³-hybridized carbons (Fsp3) is 0.800. The Morgan fingerprint density at radius 2 is 1.83 bits per heavy atom. The van der Waals surface area contributed by atoms with Gasteiger partial charge in [-0.2, -0.15) is 0 Å². The molecule has 1 rings (SSSR count). The van der Waals surface area contributed by atoms with E-state index in [-0.39, 0.29) is 29.2 Å². The molecule has 0 aromatic carbocycles. The third kappa shape index (κ3) is 4.84. The Kier molecular flexibility index (Phi) is 7.50. The van der Waals surface area contributed by atoms with E-state index in [1.54, 1.807) is 0 Å². The Balaban J connectivity index is 2.55. The van der Waals surface area contributed by atoms with E-state index in [4.69, 9.17) is 9.47 Å². The van der Waals surface area contributed by atoms with Crippen LogP contribution in [0.3, 0.4) is 0 Å². The van der Waals surface area contributed by atoms with Crippen molar-refractivity contribution in [3.8, 4) is 0 Å². The number of rotatable bonds is 8. The van der Waals surface area contributed by atoms with Gasteiger partial charge in [-0.05, 0) is 49.5 Å². The molecule has 0 spiro atoms. The minimum Gasteiger partial charge on any atom is -0.469 e. The third-order valence-electron chi connectivity index (χ3n) is 5.76. The number of methoxy groups -OCH3 is 1. The number of esters is 2. The predicted octanol–water partition coefficient (Wildman–Crippen LogP) is 4.53. The van der Waals surface area contributed by atoms with E-state index in [2.05, 4.69) is 20.8 Å². The zero-order valence-corrected chi connectivity index (χ0v) is 16.4. The zero-order chi connectivity index (χ0) is 18.5. The maximum Gasteiger partial charge on any atom is 0.308 e.